The molecular weight excluding hydrogens is 512 g/mol. The van der Waals surface area contributed by atoms with Gasteiger partial charge < -0.3 is 29.6 Å². The smallest absolute Gasteiger partial charge is 0.338 e. The second kappa shape index (κ2) is 10.2. The van der Waals surface area contributed by atoms with Crippen LogP contribution in [0.15, 0.2) is 48.5 Å². The number of carboxylic acid groups (broad SMARTS) is 1. The molecule has 2 amide bonds. The molecule has 208 valence electrons. The van der Waals surface area contributed by atoms with Crippen molar-refractivity contribution in [3.8, 4) is 0 Å². The van der Waals surface area contributed by atoms with E-state index in [1.807, 2.05) is 42.0 Å². The molecule has 10 heteroatoms. The van der Waals surface area contributed by atoms with Crippen LogP contribution in [0.4, 0.5) is 0 Å². The van der Waals surface area contributed by atoms with Gasteiger partial charge in [0.05, 0.1) is 29.8 Å². The van der Waals surface area contributed by atoms with Gasteiger partial charge >= 0.3 is 11.9 Å². The number of ether oxygens (including phenoxy) is 1. The first kappa shape index (κ1) is 27.0. The van der Waals surface area contributed by atoms with Crippen molar-refractivity contribution in [2.24, 2.45) is 0 Å². The minimum Gasteiger partial charge on any atom is -0.478 e. The number of nitrogens with one attached hydrogen (secondary N) is 2. The maximum absolute atomic E-state index is 12.1. The third kappa shape index (κ3) is 4.49. The van der Waals surface area contributed by atoms with Crippen molar-refractivity contribution < 1.29 is 29.0 Å². The highest BCUT2D eigenvalue weighted by atomic mass is 16.5. The van der Waals surface area contributed by atoms with E-state index in [4.69, 9.17) is 9.84 Å². The summed E-state index contributed by atoms with van der Waals surface area (Å²) < 4.78 is 8.96. The molecular formula is C30H32N4O6. The highest BCUT2D eigenvalue weighted by Gasteiger charge is 2.30. The van der Waals surface area contributed by atoms with Gasteiger partial charge in [0.25, 0.3) is 11.8 Å². The van der Waals surface area contributed by atoms with Crippen molar-refractivity contribution in [1.29, 1.82) is 0 Å². The van der Waals surface area contributed by atoms with E-state index in [1.165, 1.54) is 0 Å². The summed E-state index contributed by atoms with van der Waals surface area (Å²) in [4.78, 5) is 47.0. The first-order valence-corrected chi connectivity index (χ1v) is 13.3. The summed E-state index contributed by atoms with van der Waals surface area (Å²) in [7, 11) is 0. The molecule has 4 heterocycles. The monoisotopic (exact) mass is 544 g/mol. The van der Waals surface area contributed by atoms with Crippen molar-refractivity contribution >= 4 is 45.6 Å². The molecule has 2 aromatic carbocycles. The van der Waals surface area contributed by atoms with Gasteiger partial charge in [-0.25, -0.2) is 9.59 Å². The Bertz CT molecular complexity index is 1680. The van der Waals surface area contributed by atoms with Gasteiger partial charge in [0.1, 0.15) is 11.4 Å². The average Bonchev–Trinajstić information content (AvgIpc) is 3.50. The van der Waals surface area contributed by atoms with E-state index < -0.39 is 5.97 Å². The fraction of sp³-hybridized carbons (Fsp3) is 0.333. The number of hydrogen-bond acceptors (Lipinski definition) is 5. The predicted molar refractivity (Wildman–Crippen MR) is 150 cm³/mol. The lowest BCUT2D eigenvalue weighted by molar-refractivity contribution is 0.0525. The molecule has 0 unspecified atom stereocenters. The molecule has 4 aromatic rings. The molecule has 0 fully saturated rings. The van der Waals surface area contributed by atoms with Crippen LogP contribution in [0.1, 0.15) is 88.4 Å². The van der Waals surface area contributed by atoms with E-state index in [0.717, 1.165) is 21.8 Å². The molecule has 0 bridgehead atoms. The van der Waals surface area contributed by atoms with Crippen LogP contribution in [0.5, 0.6) is 0 Å². The lowest BCUT2D eigenvalue weighted by Crippen LogP contribution is -2.44. The Morgan fingerprint density at radius 3 is 1.68 bits per heavy atom. The second-order valence-electron chi connectivity index (χ2n) is 10.4. The molecule has 0 saturated heterocycles. The van der Waals surface area contributed by atoms with Gasteiger partial charge in [-0.15, -0.1) is 0 Å². The highest BCUT2D eigenvalue weighted by molar-refractivity contribution is 6.03. The fourth-order valence-corrected chi connectivity index (χ4v) is 5.39. The van der Waals surface area contributed by atoms with Gasteiger partial charge in [-0.2, -0.15) is 0 Å². The normalized spacial score (nSPS) is 21.5. The van der Waals surface area contributed by atoms with Crippen LogP contribution in [-0.4, -0.2) is 56.7 Å². The molecule has 2 aliphatic heterocycles. The molecule has 6 rings (SSSR count). The zero-order valence-electron chi connectivity index (χ0n) is 23.0. The molecule has 3 N–H and O–H groups in total. The van der Waals surface area contributed by atoms with Crippen molar-refractivity contribution in [2.75, 3.05) is 6.61 Å². The topological polar surface area (TPSA) is 132 Å². The van der Waals surface area contributed by atoms with Gasteiger partial charge in [0.15, 0.2) is 0 Å². The summed E-state index contributed by atoms with van der Waals surface area (Å²) >= 11 is 0. The molecule has 40 heavy (non-hydrogen) atoms. The SMILES string of the molecule is CCOC(=O)c1ccc2cc3n(c2c1)[C@H](C)[C@H](C)NC3=O.C[C@@H]1NC(=O)c2cc3ccc(C(=O)O)cc3n2[C@@H]1C. The van der Waals surface area contributed by atoms with E-state index in [2.05, 4.69) is 17.6 Å². The lowest BCUT2D eigenvalue weighted by atomic mass is 10.1. The highest BCUT2D eigenvalue weighted by Crippen LogP contribution is 2.31. The Morgan fingerprint density at radius 1 is 0.775 bits per heavy atom. The molecule has 2 aromatic heterocycles. The number of rotatable bonds is 3. The summed E-state index contributed by atoms with van der Waals surface area (Å²) in [6, 6.07) is 14.3. The molecule has 4 atom stereocenters. The Kier molecular flexibility index (Phi) is 6.87. The van der Waals surface area contributed by atoms with Gasteiger partial charge in [0, 0.05) is 33.9 Å². The minimum absolute atomic E-state index is 0.0177. The predicted octanol–water partition coefficient (Wildman–Crippen LogP) is 4.54. The largest absolute Gasteiger partial charge is 0.478 e. The van der Waals surface area contributed by atoms with Gasteiger partial charge in [0.2, 0.25) is 0 Å². The Morgan fingerprint density at radius 2 is 1.23 bits per heavy atom. The van der Waals surface area contributed by atoms with Crippen molar-refractivity contribution in [3.05, 3.63) is 71.0 Å². The van der Waals surface area contributed by atoms with Crippen molar-refractivity contribution in [2.45, 2.75) is 58.8 Å². The second-order valence-corrected chi connectivity index (χ2v) is 10.4. The first-order chi connectivity index (χ1) is 19.0. The number of aromatic carboxylic acids is 1. The molecule has 0 radical (unpaired) electrons. The summed E-state index contributed by atoms with van der Waals surface area (Å²) in [5.41, 5.74) is 3.66. The summed E-state index contributed by atoms with van der Waals surface area (Å²) in [6.45, 7) is 10.1. The number of benzene rings is 2. The van der Waals surface area contributed by atoms with Crippen LogP contribution in [-0.2, 0) is 4.74 Å². The van der Waals surface area contributed by atoms with Gasteiger partial charge in [-0.3, -0.25) is 9.59 Å². The number of carbonyl (C=O) groups is 4. The van der Waals surface area contributed by atoms with Crippen molar-refractivity contribution in [3.63, 3.8) is 0 Å². The minimum atomic E-state index is -0.960. The molecule has 0 spiro atoms. The van der Waals surface area contributed by atoms with E-state index in [0.29, 0.717) is 23.6 Å². The fourth-order valence-electron chi connectivity index (χ4n) is 5.39. The van der Waals surface area contributed by atoms with Gasteiger partial charge in [-0.1, -0.05) is 12.1 Å². The first-order valence-electron chi connectivity index (χ1n) is 13.3. The van der Waals surface area contributed by atoms with E-state index in [-0.39, 0.29) is 47.5 Å². The third-order valence-electron chi connectivity index (χ3n) is 7.89. The third-order valence-corrected chi connectivity index (χ3v) is 7.89. The Labute approximate surface area is 230 Å². The molecule has 0 saturated carbocycles. The number of aromatic nitrogens is 2. The van der Waals surface area contributed by atoms with Gasteiger partial charge in [-0.05, 0) is 71.0 Å². The maximum Gasteiger partial charge on any atom is 0.338 e. The number of fused-ring (bicyclic) bond motifs is 6. The van der Waals surface area contributed by atoms with Crippen LogP contribution in [0.3, 0.4) is 0 Å². The average molecular weight is 545 g/mol. The van der Waals surface area contributed by atoms with Crippen LogP contribution >= 0.6 is 0 Å². The van der Waals surface area contributed by atoms with Crippen LogP contribution in [0.25, 0.3) is 21.8 Å². The molecule has 0 aliphatic carbocycles. The van der Waals surface area contributed by atoms with Crippen LogP contribution in [0.2, 0.25) is 0 Å². The maximum atomic E-state index is 12.1. The zero-order valence-corrected chi connectivity index (χ0v) is 23.0. The van der Waals surface area contributed by atoms with Crippen LogP contribution in [0, 0.1) is 0 Å². The van der Waals surface area contributed by atoms with E-state index >= 15 is 0 Å². The molecule has 10 nitrogen and oxygen atoms in total. The van der Waals surface area contributed by atoms with Crippen LogP contribution < -0.4 is 10.6 Å². The summed E-state index contributed by atoms with van der Waals surface area (Å²) in [6.07, 6.45) is 0. The number of carbonyl (C=O) groups excluding carboxylic acids is 3. The van der Waals surface area contributed by atoms with E-state index in [1.54, 1.807) is 43.3 Å². The van der Waals surface area contributed by atoms with Crippen molar-refractivity contribution in [1.82, 2.24) is 19.8 Å². The summed E-state index contributed by atoms with van der Waals surface area (Å²) in [5, 5.41) is 16.8. The Balaban J connectivity index is 0.000000162. The summed E-state index contributed by atoms with van der Waals surface area (Å²) in [5.74, 6) is -1.48. The number of nitrogens with zero attached hydrogens (tertiary/aromatic N) is 2. The van der Waals surface area contributed by atoms with E-state index in [9.17, 15) is 19.2 Å². The number of esters is 1. The number of hydrogen-bond donors (Lipinski definition) is 3. The lowest BCUT2D eigenvalue weighted by Gasteiger charge is -2.30. The molecule has 2 aliphatic rings. The number of carboxylic acids is 1. The zero-order chi connectivity index (χ0) is 28.9. The Hall–Kier alpha value is -4.60. The quantitative estimate of drug-likeness (QED) is 0.325. The standard InChI is InChI=1S/C16H18N2O3.C14H14N2O3/c1-4-21-16(20)12-6-5-11-7-14-15(19)17-9(2)10(3)18(14)13(11)8-12;1-7-8(2)16-11-6-10(14(18)19)4-3-9(11)5-12(16)13(17)15-7/h5-10H,4H2,1-3H3,(H,17,19);3-8H,1-2H3,(H,15,17)(H,18,19)/t9-,10+;7-,8+/m00/s1. The number of amides is 2.